The van der Waals surface area contributed by atoms with Crippen molar-refractivity contribution in [3.63, 3.8) is 0 Å². The zero-order chi connectivity index (χ0) is 14.5. The Hall–Kier alpha value is -1.13. The predicted octanol–water partition coefficient (Wildman–Crippen LogP) is 4.09. The van der Waals surface area contributed by atoms with Crippen LogP contribution < -0.4 is 5.73 Å². The highest BCUT2D eigenvalue weighted by Gasteiger charge is 2.26. The van der Waals surface area contributed by atoms with Gasteiger partial charge in [0.15, 0.2) is 0 Å². The highest BCUT2D eigenvalue weighted by atomic mass is 35.5. The molecule has 2 N–H and O–H groups in total. The average Bonchev–Trinajstić information content (AvgIpc) is 2.36. The number of halogens is 1. The maximum absolute atomic E-state index is 11.0. The fourth-order valence-electron chi connectivity index (χ4n) is 2.17. The first kappa shape index (κ1) is 15.9. The van der Waals surface area contributed by atoms with Crippen molar-refractivity contribution >= 4 is 17.3 Å². The van der Waals surface area contributed by atoms with Crippen molar-refractivity contribution in [2.45, 2.75) is 51.5 Å². The van der Waals surface area contributed by atoms with Crippen LogP contribution in [0.4, 0.5) is 5.69 Å². The summed E-state index contributed by atoms with van der Waals surface area (Å²) in [5, 5.41) is 11.6. The lowest BCUT2D eigenvalue weighted by Gasteiger charge is -2.28. The molecule has 0 saturated heterocycles. The summed E-state index contributed by atoms with van der Waals surface area (Å²) in [6.07, 6.45) is 4.23. The van der Waals surface area contributed by atoms with Gasteiger partial charge in [-0.1, -0.05) is 38.3 Å². The molecule has 19 heavy (non-hydrogen) atoms. The molecule has 0 bridgehead atoms. The number of nitro groups is 1. The number of hydrogen-bond donors (Lipinski definition) is 1. The summed E-state index contributed by atoms with van der Waals surface area (Å²) in [5.41, 5.74) is 6.70. The highest BCUT2D eigenvalue weighted by molar-refractivity contribution is 6.30. The topological polar surface area (TPSA) is 69.2 Å². The van der Waals surface area contributed by atoms with Gasteiger partial charge in [0.05, 0.1) is 4.92 Å². The minimum Gasteiger partial charge on any atom is -0.325 e. The van der Waals surface area contributed by atoms with Crippen molar-refractivity contribution < 1.29 is 4.92 Å². The lowest BCUT2D eigenvalue weighted by Crippen LogP contribution is -2.41. The second kappa shape index (κ2) is 6.87. The van der Waals surface area contributed by atoms with Crippen LogP contribution in [0.25, 0.3) is 0 Å². The quantitative estimate of drug-likeness (QED) is 0.605. The second-order valence-corrected chi connectivity index (χ2v) is 5.46. The molecule has 0 aliphatic rings. The molecule has 0 spiro atoms. The minimum absolute atomic E-state index is 0.101. The molecule has 1 aromatic carbocycles. The molecular weight excluding hydrogens is 264 g/mol. The summed E-state index contributed by atoms with van der Waals surface area (Å²) >= 11 is 5.93. The van der Waals surface area contributed by atoms with E-state index in [1.165, 1.54) is 6.07 Å². The van der Waals surface area contributed by atoms with Crippen LogP contribution in [0, 0.1) is 10.1 Å². The monoisotopic (exact) mass is 284 g/mol. The molecule has 0 aliphatic heterocycles. The van der Waals surface area contributed by atoms with Gasteiger partial charge in [0, 0.05) is 22.2 Å². The molecule has 0 amide bonds. The van der Waals surface area contributed by atoms with E-state index < -0.39 is 5.54 Å². The Bertz CT molecular complexity index is 451. The van der Waals surface area contributed by atoms with Gasteiger partial charge in [-0.15, -0.1) is 0 Å². The van der Waals surface area contributed by atoms with E-state index in [2.05, 4.69) is 6.92 Å². The molecule has 0 saturated carbocycles. The van der Waals surface area contributed by atoms with E-state index in [1.54, 1.807) is 12.1 Å². The molecule has 1 unspecified atom stereocenters. The first-order chi connectivity index (χ1) is 8.91. The fraction of sp³-hybridized carbons (Fsp3) is 0.571. The fourth-order valence-corrected chi connectivity index (χ4v) is 2.37. The van der Waals surface area contributed by atoms with Crippen molar-refractivity contribution in [2.24, 2.45) is 5.73 Å². The maximum atomic E-state index is 11.0. The summed E-state index contributed by atoms with van der Waals surface area (Å²) in [4.78, 5) is 10.7. The molecule has 1 rings (SSSR count). The Morgan fingerprint density at radius 3 is 2.63 bits per heavy atom. The molecule has 0 aromatic heterocycles. The Balaban J connectivity index is 3.01. The smallest absolute Gasteiger partial charge is 0.272 e. The van der Waals surface area contributed by atoms with Gasteiger partial charge in [0.25, 0.3) is 5.69 Å². The number of rotatable bonds is 7. The second-order valence-electron chi connectivity index (χ2n) is 5.03. The summed E-state index contributed by atoms with van der Waals surface area (Å²) in [6.45, 7) is 4.13. The van der Waals surface area contributed by atoms with Gasteiger partial charge in [-0.05, 0) is 31.4 Å². The van der Waals surface area contributed by atoms with Crippen molar-refractivity contribution in [3.8, 4) is 0 Å². The minimum atomic E-state index is -0.397. The maximum Gasteiger partial charge on any atom is 0.272 e. The average molecular weight is 285 g/mol. The first-order valence-corrected chi connectivity index (χ1v) is 7.01. The third-order valence-electron chi connectivity index (χ3n) is 3.51. The zero-order valence-electron chi connectivity index (χ0n) is 11.5. The Labute approximate surface area is 119 Å². The molecule has 1 aromatic rings. The summed E-state index contributed by atoms with van der Waals surface area (Å²) < 4.78 is 0. The summed E-state index contributed by atoms with van der Waals surface area (Å²) in [5.74, 6) is 0. The standard InChI is InChI=1S/C14H21ClN2O2/c1-3-5-8-14(16,4-2)10-11-9-12(15)6-7-13(11)17(18)19/h6-7,9H,3-5,8,10,16H2,1-2H3. The Morgan fingerprint density at radius 1 is 1.42 bits per heavy atom. The van der Waals surface area contributed by atoms with Gasteiger partial charge in [0.2, 0.25) is 0 Å². The van der Waals surface area contributed by atoms with Crippen molar-refractivity contribution in [2.75, 3.05) is 0 Å². The molecule has 106 valence electrons. The van der Waals surface area contributed by atoms with E-state index in [0.29, 0.717) is 17.0 Å². The molecule has 0 heterocycles. The van der Waals surface area contributed by atoms with E-state index in [9.17, 15) is 10.1 Å². The summed E-state index contributed by atoms with van der Waals surface area (Å²) in [7, 11) is 0. The molecule has 0 fully saturated rings. The van der Waals surface area contributed by atoms with Crippen LogP contribution >= 0.6 is 11.6 Å². The van der Waals surface area contributed by atoms with Crippen LogP contribution in [-0.4, -0.2) is 10.5 Å². The van der Waals surface area contributed by atoms with Crippen LogP contribution in [0.1, 0.15) is 45.1 Å². The van der Waals surface area contributed by atoms with Crippen molar-refractivity contribution in [3.05, 3.63) is 38.9 Å². The number of unbranched alkanes of at least 4 members (excludes halogenated alkanes) is 1. The third-order valence-corrected chi connectivity index (χ3v) is 3.75. The van der Waals surface area contributed by atoms with Crippen LogP contribution in [0.5, 0.6) is 0 Å². The van der Waals surface area contributed by atoms with Gasteiger partial charge in [0.1, 0.15) is 0 Å². The lowest BCUT2D eigenvalue weighted by atomic mass is 9.84. The van der Waals surface area contributed by atoms with Crippen LogP contribution in [0.2, 0.25) is 5.02 Å². The summed E-state index contributed by atoms with van der Waals surface area (Å²) in [6, 6.07) is 4.65. The van der Waals surface area contributed by atoms with E-state index >= 15 is 0 Å². The molecule has 1 atom stereocenters. The highest BCUT2D eigenvalue weighted by Crippen LogP contribution is 2.29. The Morgan fingerprint density at radius 2 is 2.11 bits per heavy atom. The molecule has 0 radical (unpaired) electrons. The van der Waals surface area contributed by atoms with E-state index in [1.807, 2.05) is 6.92 Å². The van der Waals surface area contributed by atoms with Crippen LogP contribution in [0.15, 0.2) is 18.2 Å². The van der Waals surface area contributed by atoms with Gasteiger partial charge >= 0.3 is 0 Å². The first-order valence-electron chi connectivity index (χ1n) is 6.63. The largest absolute Gasteiger partial charge is 0.325 e. The Kier molecular flexibility index (Phi) is 5.76. The van der Waals surface area contributed by atoms with Crippen molar-refractivity contribution in [1.82, 2.24) is 0 Å². The predicted molar refractivity (Wildman–Crippen MR) is 78.5 cm³/mol. The number of nitrogens with two attached hydrogens (primary N) is 1. The molecule has 0 aliphatic carbocycles. The number of hydrogen-bond acceptors (Lipinski definition) is 3. The van der Waals surface area contributed by atoms with Gasteiger partial charge in [-0.25, -0.2) is 0 Å². The van der Waals surface area contributed by atoms with Gasteiger partial charge < -0.3 is 5.73 Å². The zero-order valence-corrected chi connectivity index (χ0v) is 12.2. The number of nitrogens with zero attached hydrogens (tertiary/aromatic N) is 1. The van der Waals surface area contributed by atoms with E-state index in [0.717, 1.165) is 25.7 Å². The third kappa shape index (κ3) is 4.48. The lowest BCUT2D eigenvalue weighted by molar-refractivity contribution is -0.385. The number of benzene rings is 1. The number of nitro benzene ring substituents is 1. The van der Waals surface area contributed by atoms with Crippen LogP contribution in [-0.2, 0) is 6.42 Å². The van der Waals surface area contributed by atoms with E-state index in [4.69, 9.17) is 17.3 Å². The van der Waals surface area contributed by atoms with Gasteiger partial charge in [-0.3, -0.25) is 10.1 Å². The normalized spacial score (nSPS) is 14.1. The molecule has 4 nitrogen and oxygen atoms in total. The molecule has 5 heteroatoms. The van der Waals surface area contributed by atoms with E-state index in [-0.39, 0.29) is 10.6 Å². The van der Waals surface area contributed by atoms with Crippen LogP contribution in [0.3, 0.4) is 0 Å². The van der Waals surface area contributed by atoms with Crippen molar-refractivity contribution in [1.29, 1.82) is 0 Å². The van der Waals surface area contributed by atoms with Gasteiger partial charge in [-0.2, -0.15) is 0 Å². The molecular formula is C14H21ClN2O2. The SMILES string of the molecule is CCCCC(N)(CC)Cc1cc(Cl)ccc1[N+](=O)[O-].